The van der Waals surface area contributed by atoms with Crippen LogP contribution in [0.2, 0.25) is 0 Å². The van der Waals surface area contributed by atoms with Gasteiger partial charge in [0.25, 0.3) is 5.91 Å². The van der Waals surface area contributed by atoms with Crippen LogP contribution in [0, 0.1) is 0 Å². The molecule has 0 aliphatic carbocycles. The van der Waals surface area contributed by atoms with Gasteiger partial charge in [-0.2, -0.15) is 0 Å². The summed E-state index contributed by atoms with van der Waals surface area (Å²) < 4.78 is 32.4. The molecular weight excluding hydrogens is 356 g/mol. The van der Waals surface area contributed by atoms with Crippen molar-refractivity contribution in [3.63, 3.8) is 0 Å². The van der Waals surface area contributed by atoms with E-state index in [2.05, 4.69) is 10.0 Å². The zero-order valence-electron chi connectivity index (χ0n) is 14.2. The fourth-order valence-corrected chi connectivity index (χ4v) is 3.10. The van der Waals surface area contributed by atoms with Gasteiger partial charge in [0, 0.05) is 19.7 Å². The maximum atomic E-state index is 12.3. The number of nitrogens with one attached hydrogen (secondary N) is 2. The van der Waals surface area contributed by atoms with Crippen molar-refractivity contribution in [3.05, 3.63) is 60.2 Å². The number of rotatable bonds is 10. The first-order valence-corrected chi connectivity index (χ1v) is 9.63. The average molecular weight is 378 g/mol. The molecule has 0 radical (unpaired) electrons. The third-order valence-corrected chi connectivity index (χ3v) is 4.89. The summed E-state index contributed by atoms with van der Waals surface area (Å²) in [6.45, 7) is 0.414. The predicted molar refractivity (Wildman–Crippen MR) is 97.1 cm³/mol. The van der Waals surface area contributed by atoms with E-state index in [-0.39, 0.29) is 30.6 Å². The molecule has 0 aliphatic rings. The Morgan fingerprint density at radius 1 is 1.04 bits per heavy atom. The molecule has 2 aromatic rings. The van der Waals surface area contributed by atoms with Crippen molar-refractivity contribution in [2.24, 2.45) is 0 Å². The molecule has 0 unspecified atom stereocenters. The summed E-state index contributed by atoms with van der Waals surface area (Å²) >= 11 is 0. The third kappa shape index (κ3) is 6.47. The van der Waals surface area contributed by atoms with Crippen molar-refractivity contribution in [3.8, 4) is 5.75 Å². The topological polar surface area (TPSA) is 105 Å². The lowest BCUT2D eigenvalue weighted by molar-refractivity contribution is -0.123. The second-order valence-electron chi connectivity index (χ2n) is 5.50. The lowest BCUT2D eigenvalue weighted by Crippen LogP contribution is -2.30. The molecule has 0 saturated heterocycles. The summed E-state index contributed by atoms with van der Waals surface area (Å²) in [5.41, 5.74) is 0.864. The van der Waals surface area contributed by atoms with Crippen LogP contribution in [0.15, 0.2) is 59.5 Å². The van der Waals surface area contributed by atoms with Gasteiger partial charge in [-0.05, 0) is 36.2 Å². The van der Waals surface area contributed by atoms with E-state index in [0.29, 0.717) is 18.7 Å². The van der Waals surface area contributed by atoms with E-state index in [1.54, 1.807) is 0 Å². The van der Waals surface area contributed by atoms with Crippen molar-refractivity contribution in [2.45, 2.75) is 17.9 Å². The van der Waals surface area contributed by atoms with Crippen molar-refractivity contribution in [1.29, 1.82) is 0 Å². The SMILES string of the molecule is O=C(COc1ccc(S(=O)(=O)NCc2ccccc2)cc1)NCCCO. The van der Waals surface area contributed by atoms with Crippen LogP contribution in [0.3, 0.4) is 0 Å². The largest absolute Gasteiger partial charge is 0.484 e. The van der Waals surface area contributed by atoms with Crippen molar-refractivity contribution in [1.82, 2.24) is 10.0 Å². The van der Waals surface area contributed by atoms with E-state index < -0.39 is 10.0 Å². The highest BCUT2D eigenvalue weighted by Gasteiger charge is 2.13. The van der Waals surface area contributed by atoms with E-state index in [1.807, 2.05) is 30.3 Å². The van der Waals surface area contributed by atoms with E-state index in [1.165, 1.54) is 24.3 Å². The van der Waals surface area contributed by atoms with Gasteiger partial charge >= 0.3 is 0 Å². The first-order chi connectivity index (χ1) is 12.5. The standard InChI is InChI=1S/C18H22N2O5S/c21-12-4-11-19-18(22)14-25-16-7-9-17(10-8-16)26(23,24)20-13-15-5-2-1-3-6-15/h1-3,5-10,20-21H,4,11-14H2,(H,19,22). The van der Waals surface area contributed by atoms with E-state index >= 15 is 0 Å². The Bertz CT molecular complexity index is 792. The highest BCUT2D eigenvalue weighted by atomic mass is 32.2. The summed E-state index contributed by atoms with van der Waals surface area (Å²) in [7, 11) is -3.63. The van der Waals surface area contributed by atoms with Crippen LogP contribution >= 0.6 is 0 Å². The first kappa shape index (κ1) is 19.9. The second kappa shape index (κ2) is 9.91. The van der Waals surface area contributed by atoms with Crippen LogP contribution in [-0.2, 0) is 21.4 Å². The molecular formula is C18H22N2O5S. The molecule has 2 rings (SSSR count). The summed E-state index contributed by atoms with van der Waals surface area (Å²) in [6, 6.07) is 15.1. The van der Waals surface area contributed by atoms with Crippen molar-refractivity contribution in [2.75, 3.05) is 19.8 Å². The lowest BCUT2D eigenvalue weighted by atomic mass is 10.2. The molecule has 0 bridgehead atoms. The highest BCUT2D eigenvalue weighted by Crippen LogP contribution is 2.16. The number of aliphatic hydroxyl groups is 1. The Hall–Kier alpha value is -2.42. The number of ether oxygens (including phenoxy) is 1. The summed E-state index contributed by atoms with van der Waals surface area (Å²) in [4.78, 5) is 11.6. The molecule has 2 aromatic carbocycles. The minimum absolute atomic E-state index is 0.00931. The molecule has 0 aromatic heterocycles. The van der Waals surface area contributed by atoms with Crippen LogP contribution in [0.1, 0.15) is 12.0 Å². The van der Waals surface area contributed by atoms with Gasteiger partial charge in [-0.3, -0.25) is 4.79 Å². The van der Waals surface area contributed by atoms with Gasteiger partial charge in [0.2, 0.25) is 10.0 Å². The third-order valence-electron chi connectivity index (χ3n) is 3.47. The van der Waals surface area contributed by atoms with Gasteiger partial charge in [-0.1, -0.05) is 30.3 Å². The molecule has 3 N–H and O–H groups in total. The van der Waals surface area contributed by atoms with Crippen molar-refractivity contribution >= 4 is 15.9 Å². The fraction of sp³-hybridized carbons (Fsp3) is 0.278. The molecule has 0 atom stereocenters. The summed E-state index contributed by atoms with van der Waals surface area (Å²) in [5, 5.41) is 11.2. The molecule has 1 amide bonds. The van der Waals surface area contributed by atoms with Crippen LogP contribution in [0.4, 0.5) is 0 Å². The first-order valence-electron chi connectivity index (χ1n) is 8.15. The van der Waals surface area contributed by atoms with Crippen molar-refractivity contribution < 1.29 is 23.1 Å². The van der Waals surface area contributed by atoms with Gasteiger partial charge in [-0.15, -0.1) is 0 Å². The summed E-state index contributed by atoms with van der Waals surface area (Å²) in [6.07, 6.45) is 0.480. The van der Waals surface area contributed by atoms with Gasteiger partial charge in [0.05, 0.1) is 4.90 Å². The number of sulfonamides is 1. The van der Waals surface area contributed by atoms with Gasteiger partial charge in [0.15, 0.2) is 6.61 Å². The number of hydrogen-bond donors (Lipinski definition) is 3. The molecule has 7 nitrogen and oxygen atoms in total. The molecule has 0 saturated carbocycles. The lowest BCUT2D eigenvalue weighted by Gasteiger charge is -2.09. The number of benzene rings is 2. The van der Waals surface area contributed by atoms with Gasteiger partial charge < -0.3 is 15.2 Å². The number of carbonyl (C=O) groups excluding carboxylic acids is 1. The maximum Gasteiger partial charge on any atom is 0.257 e. The Kier molecular flexibility index (Phi) is 7.58. The molecule has 26 heavy (non-hydrogen) atoms. The Morgan fingerprint density at radius 2 is 1.73 bits per heavy atom. The minimum Gasteiger partial charge on any atom is -0.484 e. The molecule has 140 valence electrons. The van der Waals surface area contributed by atoms with E-state index in [9.17, 15) is 13.2 Å². The number of hydrogen-bond acceptors (Lipinski definition) is 5. The van der Waals surface area contributed by atoms with Crippen LogP contribution in [0.5, 0.6) is 5.75 Å². The molecule has 8 heteroatoms. The van der Waals surface area contributed by atoms with E-state index in [4.69, 9.17) is 9.84 Å². The molecule has 0 heterocycles. The number of carbonyl (C=O) groups is 1. The smallest absolute Gasteiger partial charge is 0.257 e. The Balaban J connectivity index is 1.86. The molecule has 0 spiro atoms. The highest BCUT2D eigenvalue weighted by molar-refractivity contribution is 7.89. The van der Waals surface area contributed by atoms with Gasteiger partial charge in [0.1, 0.15) is 5.75 Å². The average Bonchev–Trinajstić information content (AvgIpc) is 2.66. The maximum absolute atomic E-state index is 12.3. The second-order valence-corrected chi connectivity index (χ2v) is 7.26. The zero-order valence-corrected chi connectivity index (χ0v) is 15.0. The van der Waals surface area contributed by atoms with Crippen LogP contribution in [-0.4, -0.2) is 39.2 Å². The van der Waals surface area contributed by atoms with E-state index in [0.717, 1.165) is 5.56 Å². The zero-order chi connectivity index (χ0) is 18.8. The fourth-order valence-electron chi connectivity index (χ4n) is 2.08. The molecule has 0 fully saturated rings. The minimum atomic E-state index is -3.63. The van der Waals surface area contributed by atoms with Crippen LogP contribution < -0.4 is 14.8 Å². The Morgan fingerprint density at radius 3 is 2.38 bits per heavy atom. The quantitative estimate of drug-likeness (QED) is 0.536. The monoisotopic (exact) mass is 378 g/mol. The predicted octanol–water partition coefficient (Wildman–Crippen LogP) is 1.04. The molecule has 0 aliphatic heterocycles. The Labute approximate surface area is 153 Å². The number of aliphatic hydroxyl groups excluding tert-OH is 1. The summed E-state index contributed by atoms with van der Waals surface area (Å²) in [5.74, 6) is 0.0870. The van der Waals surface area contributed by atoms with Crippen LogP contribution in [0.25, 0.3) is 0 Å². The normalized spacial score (nSPS) is 11.1. The van der Waals surface area contributed by atoms with Gasteiger partial charge in [-0.25, -0.2) is 13.1 Å². The number of amides is 1.